The molecule has 1 fully saturated rings. The molecule has 0 bridgehead atoms. The minimum absolute atomic E-state index is 0.264. The van der Waals surface area contributed by atoms with Crippen molar-refractivity contribution >= 4 is 17.9 Å². The predicted molar refractivity (Wildman–Crippen MR) is 85.0 cm³/mol. The van der Waals surface area contributed by atoms with Crippen molar-refractivity contribution in [3.63, 3.8) is 0 Å². The van der Waals surface area contributed by atoms with Gasteiger partial charge in [0.2, 0.25) is 0 Å². The third-order valence-electron chi connectivity index (χ3n) is 3.74. The number of carbonyl (C=O) groups excluding carboxylic acids is 3. The Hall–Kier alpha value is -1.75. The smallest absolute Gasteiger partial charge is 0.303 e. The van der Waals surface area contributed by atoms with Gasteiger partial charge in [0.15, 0.2) is 18.5 Å². The van der Waals surface area contributed by atoms with Crippen LogP contribution >= 0.6 is 0 Å². The van der Waals surface area contributed by atoms with Crippen LogP contribution in [0.4, 0.5) is 0 Å². The molecule has 1 aliphatic rings. The van der Waals surface area contributed by atoms with E-state index in [9.17, 15) is 14.4 Å². The Morgan fingerprint density at radius 3 is 1.88 bits per heavy atom. The minimum Gasteiger partial charge on any atom is -0.462 e. The first-order chi connectivity index (χ1) is 12.2. The number of methoxy groups -OCH3 is 3. The molecule has 10 nitrogen and oxygen atoms in total. The Labute approximate surface area is 151 Å². The summed E-state index contributed by atoms with van der Waals surface area (Å²) in [6.07, 6.45) is -5.43. The average molecular weight is 378 g/mol. The van der Waals surface area contributed by atoms with Crippen molar-refractivity contribution in [2.45, 2.75) is 57.6 Å². The molecule has 1 aliphatic heterocycles. The molecule has 0 aromatic carbocycles. The molecule has 6 unspecified atom stereocenters. The van der Waals surface area contributed by atoms with Crippen LogP contribution in [0.3, 0.4) is 0 Å². The van der Waals surface area contributed by atoms with Gasteiger partial charge in [0.25, 0.3) is 0 Å². The van der Waals surface area contributed by atoms with E-state index in [1.165, 1.54) is 42.1 Å². The highest BCUT2D eigenvalue weighted by atomic mass is 16.7. The van der Waals surface area contributed by atoms with E-state index in [0.29, 0.717) is 0 Å². The molecule has 0 aromatic heterocycles. The van der Waals surface area contributed by atoms with Gasteiger partial charge in [-0.1, -0.05) is 0 Å². The van der Waals surface area contributed by atoms with Crippen molar-refractivity contribution in [3.05, 3.63) is 0 Å². The Morgan fingerprint density at radius 1 is 0.846 bits per heavy atom. The van der Waals surface area contributed by atoms with Crippen molar-refractivity contribution in [2.75, 3.05) is 27.9 Å². The summed E-state index contributed by atoms with van der Waals surface area (Å²) in [6, 6.07) is 0. The fourth-order valence-corrected chi connectivity index (χ4v) is 2.78. The first-order valence-electron chi connectivity index (χ1n) is 7.96. The zero-order chi connectivity index (χ0) is 19.9. The molecule has 1 rings (SSSR count). The van der Waals surface area contributed by atoms with E-state index in [0.717, 1.165) is 0 Å². The summed E-state index contributed by atoms with van der Waals surface area (Å²) in [4.78, 5) is 34.1. The van der Waals surface area contributed by atoms with Gasteiger partial charge in [-0.15, -0.1) is 0 Å². The molecule has 0 spiro atoms. The van der Waals surface area contributed by atoms with Crippen LogP contribution in [0.15, 0.2) is 0 Å². The zero-order valence-electron chi connectivity index (χ0n) is 15.8. The second-order valence-corrected chi connectivity index (χ2v) is 5.63. The lowest BCUT2D eigenvalue weighted by molar-refractivity contribution is -0.315. The largest absolute Gasteiger partial charge is 0.462 e. The SMILES string of the molecule is COC1OC(C(COC(C)=O)OC(C)=O)C(OC)C(OC(C)=O)C1OC. The highest BCUT2D eigenvalue weighted by molar-refractivity contribution is 5.67. The van der Waals surface area contributed by atoms with Crippen LogP contribution in [-0.4, -0.2) is 82.7 Å². The highest BCUT2D eigenvalue weighted by Crippen LogP contribution is 2.30. The average Bonchev–Trinajstić information content (AvgIpc) is 2.56. The van der Waals surface area contributed by atoms with E-state index in [-0.39, 0.29) is 6.61 Å². The Balaban J connectivity index is 3.18. The van der Waals surface area contributed by atoms with Gasteiger partial charge in [-0.25, -0.2) is 0 Å². The molecular formula is C16H26O10. The van der Waals surface area contributed by atoms with Crippen molar-refractivity contribution < 1.29 is 47.5 Å². The van der Waals surface area contributed by atoms with Gasteiger partial charge in [-0.2, -0.15) is 0 Å². The van der Waals surface area contributed by atoms with Gasteiger partial charge in [-0.05, 0) is 0 Å². The van der Waals surface area contributed by atoms with E-state index in [1.807, 2.05) is 0 Å². The molecule has 150 valence electrons. The lowest BCUT2D eigenvalue weighted by Gasteiger charge is -2.45. The van der Waals surface area contributed by atoms with E-state index >= 15 is 0 Å². The van der Waals surface area contributed by atoms with E-state index < -0.39 is 54.7 Å². The predicted octanol–water partition coefficient (Wildman–Crippen LogP) is -0.186. The third-order valence-corrected chi connectivity index (χ3v) is 3.74. The fraction of sp³-hybridized carbons (Fsp3) is 0.812. The molecular weight excluding hydrogens is 352 g/mol. The molecule has 6 atom stereocenters. The quantitative estimate of drug-likeness (QED) is 0.416. The Kier molecular flexibility index (Phi) is 8.93. The number of carbonyl (C=O) groups is 3. The summed E-state index contributed by atoms with van der Waals surface area (Å²) in [5, 5.41) is 0. The zero-order valence-corrected chi connectivity index (χ0v) is 15.8. The summed E-state index contributed by atoms with van der Waals surface area (Å²) in [5.74, 6) is -1.72. The molecule has 0 amide bonds. The molecule has 0 aliphatic carbocycles. The summed E-state index contributed by atoms with van der Waals surface area (Å²) < 4.78 is 37.4. The van der Waals surface area contributed by atoms with E-state index in [1.54, 1.807) is 0 Å². The first-order valence-corrected chi connectivity index (χ1v) is 7.96. The van der Waals surface area contributed by atoms with E-state index in [2.05, 4.69) is 0 Å². The molecule has 10 heteroatoms. The first kappa shape index (κ1) is 22.3. The molecule has 0 radical (unpaired) electrons. The molecule has 26 heavy (non-hydrogen) atoms. The fourth-order valence-electron chi connectivity index (χ4n) is 2.78. The number of esters is 3. The van der Waals surface area contributed by atoms with Gasteiger partial charge in [0.05, 0.1) is 0 Å². The maximum atomic E-state index is 11.5. The lowest BCUT2D eigenvalue weighted by atomic mass is 9.94. The second-order valence-electron chi connectivity index (χ2n) is 5.63. The molecule has 0 aromatic rings. The maximum absolute atomic E-state index is 11.5. The summed E-state index contributed by atoms with van der Waals surface area (Å²) in [6.45, 7) is 3.41. The highest BCUT2D eigenvalue weighted by Gasteiger charge is 2.52. The van der Waals surface area contributed by atoms with Crippen molar-refractivity contribution in [2.24, 2.45) is 0 Å². The number of ether oxygens (including phenoxy) is 7. The van der Waals surface area contributed by atoms with Crippen LogP contribution in [0.25, 0.3) is 0 Å². The van der Waals surface area contributed by atoms with E-state index in [4.69, 9.17) is 33.2 Å². The number of hydrogen-bond acceptors (Lipinski definition) is 10. The molecule has 0 N–H and O–H groups in total. The monoisotopic (exact) mass is 378 g/mol. The normalized spacial score (nSPS) is 29.5. The van der Waals surface area contributed by atoms with Crippen molar-refractivity contribution in [3.8, 4) is 0 Å². The van der Waals surface area contributed by atoms with Crippen LogP contribution in [0.5, 0.6) is 0 Å². The maximum Gasteiger partial charge on any atom is 0.303 e. The van der Waals surface area contributed by atoms with Gasteiger partial charge < -0.3 is 33.2 Å². The number of hydrogen-bond donors (Lipinski definition) is 0. The molecule has 1 heterocycles. The van der Waals surface area contributed by atoms with Gasteiger partial charge >= 0.3 is 17.9 Å². The van der Waals surface area contributed by atoms with Crippen LogP contribution in [-0.2, 0) is 47.5 Å². The second kappa shape index (κ2) is 10.4. The Bertz CT molecular complexity index is 493. The molecule has 1 saturated heterocycles. The van der Waals surface area contributed by atoms with Crippen molar-refractivity contribution in [1.29, 1.82) is 0 Å². The summed E-state index contributed by atoms with van der Waals surface area (Å²) >= 11 is 0. The van der Waals surface area contributed by atoms with Crippen LogP contribution in [0, 0.1) is 0 Å². The topological polar surface area (TPSA) is 116 Å². The standard InChI is InChI=1S/C16H26O10/c1-8(17)23-7-11(24-9(2)18)12-13(20-4)14(25-10(3)19)15(21-5)16(22-6)26-12/h11-16H,7H2,1-6H3. The molecule has 0 saturated carbocycles. The van der Waals surface area contributed by atoms with Crippen LogP contribution in [0.2, 0.25) is 0 Å². The van der Waals surface area contributed by atoms with Gasteiger partial charge in [0.1, 0.15) is 24.9 Å². The van der Waals surface area contributed by atoms with Crippen LogP contribution in [0.1, 0.15) is 20.8 Å². The lowest BCUT2D eigenvalue weighted by Crippen LogP contribution is -2.64. The van der Waals surface area contributed by atoms with Gasteiger partial charge in [0, 0.05) is 42.1 Å². The summed E-state index contributed by atoms with van der Waals surface area (Å²) in [7, 11) is 4.18. The third kappa shape index (κ3) is 5.90. The van der Waals surface area contributed by atoms with Crippen LogP contribution < -0.4 is 0 Å². The Morgan fingerprint density at radius 2 is 1.46 bits per heavy atom. The minimum atomic E-state index is -1.00. The summed E-state index contributed by atoms with van der Waals surface area (Å²) in [5.41, 5.74) is 0. The number of rotatable bonds is 8. The van der Waals surface area contributed by atoms with Crippen molar-refractivity contribution in [1.82, 2.24) is 0 Å². The van der Waals surface area contributed by atoms with Gasteiger partial charge in [-0.3, -0.25) is 14.4 Å².